The first kappa shape index (κ1) is 72.7. The first-order chi connectivity index (χ1) is 38.3. The standard InChI is InChI=1S/C56H105O23P/c1-4-6-8-10-12-13-14-15-16-17-18-24-28-32-42(60)74-38(35-72-41(59)31-27-23-20-19-22-26-30-37(3)29-25-21-11-9-7-5-2)36-73-80(70,71)79-54-52(77-55-50(68)45(63)43(61)39(33-57)75-55)48(66)47(65)49(67)53(54)78-56-51(69)46(64)44(62)40(34-58)76-56/h37-40,43-58,61-69H,4-36H2,1-3H3,(H,70,71)/t37?,38-,39-,40-,43-,44-,45-,46+,47?,48?,49?,50+,51+,52?,53?,54?,55?,56?/m1/s1. The summed E-state index contributed by atoms with van der Waals surface area (Å²) >= 11 is 0. The summed E-state index contributed by atoms with van der Waals surface area (Å²) in [7, 11) is -5.63. The lowest BCUT2D eigenvalue weighted by Gasteiger charge is -2.49. The predicted molar refractivity (Wildman–Crippen MR) is 291 cm³/mol. The number of aliphatic hydroxyl groups is 11. The van der Waals surface area contributed by atoms with Crippen LogP contribution >= 0.6 is 7.82 Å². The summed E-state index contributed by atoms with van der Waals surface area (Å²) < 4.78 is 58.2. The fraction of sp³-hybridized carbons (Fsp3) is 0.964. The van der Waals surface area contributed by atoms with E-state index in [0.29, 0.717) is 18.8 Å². The zero-order valence-corrected chi connectivity index (χ0v) is 48.9. The monoisotopic (exact) mass is 1180 g/mol. The van der Waals surface area contributed by atoms with Crippen LogP contribution in [0.5, 0.6) is 0 Å². The summed E-state index contributed by atoms with van der Waals surface area (Å²) in [6.07, 6.45) is -4.84. The molecular formula is C56H105O23P. The average molecular weight is 1180 g/mol. The van der Waals surface area contributed by atoms with Crippen LogP contribution in [0.15, 0.2) is 0 Å². The summed E-state index contributed by atoms with van der Waals surface area (Å²) in [6, 6.07) is 0. The zero-order valence-electron chi connectivity index (χ0n) is 48.0. The van der Waals surface area contributed by atoms with Crippen LogP contribution in [0.1, 0.15) is 207 Å². The molecule has 2 saturated heterocycles. The number of aliphatic hydroxyl groups excluding tert-OH is 11. The molecule has 10 unspecified atom stereocenters. The van der Waals surface area contributed by atoms with E-state index in [1.807, 2.05) is 0 Å². The topological polar surface area (TPSA) is 368 Å². The van der Waals surface area contributed by atoms with Crippen molar-refractivity contribution in [2.75, 3.05) is 26.4 Å². The van der Waals surface area contributed by atoms with E-state index < -0.39 is 150 Å². The summed E-state index contributed by atoms with van der Waals surface area (Å²) in [5.74, 6) is -0.619. The fourth-order valence-corrected chi connectivity index (χ4v) is 11.4. The van der Waals surface area contributed by atoms with E-state index in [9.17, 15) is 75.2 Å². The Balaban J connectivity index is 1.70. The van der Waals surface area contributed by atoms with Gasteiger partial charge in [0.25, 0.3) is 0 Å². The van der Waals surface area contributed by atoms with Crippen molar-refractivity contribution in [3.05, 3.63) is 0 Å². The Labute approximate surface area is 474 Å². The maximum Gasteiger partial charge on any atom is 0.472 e. The molecule has 23 nitrogen and oxygen atoms in total. The minimum Gasteiger partial charge on any atom is -0.462 e. The quantitative estimate of drug-likeness (QED) is 0.0228. The largest absolute Gasteiger partial charge is 0.472 e. The SMILES string of the molecule is CCCCCCCCCCCCCCCC(=O)O[C@H](COC(=O)CCCCCCCCC(C)CCCCCCCC)COP(=O)(O)OC1C(OC2O[C@H](CO)[C@@H](O)[C@@H](O)[C@@H]2O)C(O)C(O)C(O)C1OC1O[C@H](CO)[C@@H](O)[C@H](O)[C@@H]1O. The minimum absolute atomic E-state index is 0.0261. The van der Waals surface area contributed by atoms with Crippen LogP contribution in [0.25, 0.3) is 0 Å². The van der Waals surface area contributed by atoms with Crippen molar-refractivity contribution in [2.45, 2.75) is 311 Å². The molecule has 1 aliphatic carbocycles. The molecule has 0 amide bonds. The van der Waals surface area contributed by atoms with Gasteiger partial charge in [0.1, 0.15) is 92.1 Å². The molecule has 0 radical (unpaired) electrons. The highest BCUT2D eigenvalue weighted by Gasteiger charge is 2.58. The van der Waals surface area contributed by atoms with Gasteiger partial charge in [-0.05, 0) is 18.8 Å². The van der Waals surface area contributed by atoms with Crippen molar-refractivity contribution >= 4 is 19.8 Å². The van der Waals surface area contributed by atoms with Gasteiger partial charge in [-0.3, -0.25) is 18.6 Å². The highest BCUT2D eigenvalue weighted by molar-refractivity contribution is 7.47. The van der Waals surface area contributed by atoms with Crippen molar-refractivity contribution in [3.63, 3.8) is 0 Å². The Hall–Kier alpha value is -1.55. The van der Waals surface area contributed by atoms with Gasteiger partial charge >= 0.3 is 19.8 Å². The highest BCUT2D eigenvalue weighted by atomic mass is 31.2. The molecule has 24 heteroatoms. The van der Waals surface area contributed by atoms with Crippen LogP contribution in [0.4, 0.5) is 0 Å². The Kier molecular flexibility index (Phi) is 37.0. The van der Waals surface area contributed by atoms with Crippen molar-refractivity contribution in [3.8, 4) is 0 Å². The Morgan fingerprint density at radius 3 is 1.23 bits per heavy atom. The third-order valence-corrected chi connectivity index (χ3v) is 16.6. The van der Waals surface area contributed by atoms with Crippen LogP contribution < -0.4 is 0 Å². The lowest BCUT2D eigenvalue weighted by Crippen LogP contribution is -2.69. The summed E-state index contributed by atoms with van der Waals surface area (Å²) in [5.41, 5.74) is 0. The molecule has 3 aliphatic rings. The van der Waals surface area contributed by atoms with Crippen molar-refractivity contribution in [2.24, 2.45) is 5.92 Å². The van der Waals surface area contributed by atoms with Crippen LogP contribution in [-0.4, -0.2) is 204 Å². The number of phosphoric ester groups is 1. The van der Waals surface area contributed by atoms with Gasteiger partial charge < -0.3 is 89.5 Å². The molecule has 3 fully saturated rings. The van der Waals surface area contributed by atoms with Gasteiger partial charge in [0.05, 0.1) is 19.8 Å². The second-order valence-electron chi connectivity index (χ2n) is 22.5. The van der Waals surface area contributed by atoms with E-state index in [1.54, 1.807) is 0 Å². The number of unbranched alkanes of at least 4 members (excludes halogenated alkanes) is 22. The van der Waals surface area contributed by atoms with Crippen molar-refractivity contribution in [1.82, 2.24) is 0 Å². The van der Waals surface area contributed by atoms with Crippen molar-refractivity contribution < 1.29 is 113 Å². The maximum absolute atomic E-state index is 14.0. The highest BCUT2D eigenvalue weighted by Crippen LogP contribution is 2.49. The van der Waals surface area contributed by atoms with E-state index in [0.717, 1.165) is 64.2 Å². The van der Waals surface area contributed by atoms with E-state index in [2.05, 4.69) is 20.8 Å². The number of carbonyl (C=O) groups excluding carboxylic acids is 2. The molecule has 0 bridgehead atoms. The van der Waals surface area contributed by atoms with Gasteiger partial charge in [-0.1, -0.05) is 181 Å². The summed E-state index contributed by atoms with van der Waals surface area (Å²) in [4.78, 5) is 37.6. The Bertz CT molecular complexity index is 1610. The molecule has 0 spiro atoms. The van der Waals surface area contributed by atoms with E-state index >= 15 is 0 Å². The van der Waals surface area contributed by atoms with E-state index in [1.165, 1.54) is 96.3 Å². The molecule has 2 heterocycles. The van der Waals surface area contributed by atoms with Gasteiger partial charge in [-0.2, -0.15) is 0 Å². The van der Waals surface area contributed by atoms with E-state index in [4.69, 9.17) is 37.5 Å². The smallest absolute Gasteiger partial charge is 0.462 e. The average Bonchev–Trinajstić information content (AvgIpc) is 3.46. The van der Waals surface area contributed by atoms with E-state index in [-0.39, 0.29) is 12.8 Å². The number of hydrogen-bond acceptors (Lipinski definition) is 22. The van der Waals surface area contributed by atoms with Gasteiger partial charge in [0.15, 0.2) is 18.7 Å². The summed E-state index contributed by atoms with van der Waals surface area (Å²) in [6.45, 7) is 3.34. The van der Waals surface area contributed by atoms with Crippen LogP contribution in [0, 0.1) is 5.92 Å². The normalized spacial score (nSPS) is 31.6. The molecule has 0 aromatic carbocycles. The van der Waals surface area contributed by atoms with Gasteiger partial charge in [0, 0.05) is 12.8 Å². The first-order valence-corrected chi connectivity index (χ1v) is 31.8. The number of esters is 2. The number of carbonyl (C=O) groups is 2. The third kappa shape index (κ3) is 26.4. The van der Waals surface area contributed by atoms with Crippen LogP contribution in [0.3, 0.4) is 0 Å². The fourth-order valence-electron chi connectivity index (χ4n) is 10.4. The Morgan fingerprint density at radius 1 is 0.463 bits per heavy atom. The second-order valence-corrected chi connectivity index (χ2v) is 23.9. The number of rotatable bonds is 44. The Morgan fingerprint density at radius 2 is 0.825 bits per heavy atom. The molecule has 80 heavy (non-hydrogen) atoms. The molecule has 0 aromatic heterocycles. The zero-order chi connectivity index (χ0) is 59.0. The van der Waals surface area contributed by atoms with Crippen LogP contribution in [0.2, 0.25) is 0 Å². The predicted octanol–water partition coefficient (Wildman–Crippen LogP) is 4.40. The molecule has 19 atom stereocenters. The number of hydrogen-bond donors (Lipinski definition) is 12. The minimum atomic E-state index is -5.63. The molecular weight excluding hydrogens is 1070 g/mol. The third-order valence-electron chi connectivity index (χ3n) is 15.6. The number of ether oxygens (including phenoxy) is 6. The van der Waals surface area contributed by atoms with Gasteiger partial charge in [-0.25, -0.2) is 4.57 Å². The molecule has 12 N–H and O–H groups in total. The van der Waals surface area contributed by atoms with Gasteiger partial charge in [0.2, 0.25) is 0 Å². The number of phosphoric acid groups is 1. The second kappa shape index (κ2) is 40.7. The lowest BCUT2D eigenvalue weighted by atomic mass is 9.84. The summed E-state index contributed by atoms with van der Waals surface area (Å²) in [5, 5.41) is 117. The molecule has 472 valence electrons. The molecule has 3 rings (SSSR count). The maximum atomic E-state index is 14.0. The van der Waals surface area contributed by atoms with Crippen molar-refractivity contribution in [1.29, 1.82) is 0 Å². The first-order valence-electron chi connectivity index (χ1n) is 30.3. The molecule has 0 aromatic rings. The van der Waals surface area contributed by atoms with Crippen LogP contribution in [-0.2, 0) is 51.6 Å². The molecule has 2 aliphatic heterocycles. The molecule has 1 saturated carbocycles. The van der Waals surface area contributed by atoms with Gasteiger partial charge in [-0.15, -0.1) is 0 Å². The lowest BCUT2D eigenvalue weighted by molar-refractivity contribution is -0.360.